The molecule has 13 heavy (non-hydrogen) atoms. The molecule has 3 nitrogen and oxygen atoms in total. The normalized spacial score (nSPS) is 39.6. The van der Waals surface area contributed by atoms with Crippen LogP contribution in [0.5, 0.6) is 0 Å². The van der Waals surface area contributed by atoms with Crippen molar-refractivity contribution in [1.82, 2.24) is 0 Å². The molecule has 0 saturated carbocycles. The highest BCUT2D eigenvalue weighted by Crippen LogP contribution is 2.41. The van der Waals surface area contributed by atoms with E-state index in [0.29, 0.717) is 25.2 Å². The van der Waals surface area contributed by atoms with Crippen molar-refractivity contribution in [2.75, 3.05) is 13.2 Å². The van der Waals surface area contributed by atoms with Gasteiger partial charge in [0.05, 0.1) is 13.2 Å². The highest BCUT2D eigenvalue weighted by molar-refractivity contribution is 5.90. The van der Waals surface area contributed by atoms with Crippen LogP contribution in [0.4, 0.5) is 0 Å². The number of carbonyl (C=O) groups is 1. The molecule has 2 aliphatic rings. The van der Waals surface area contributed by atoms with Gasteiger partial charge in [-0.05, 0) is 0 Å². The number of hydrogen-bond acceptors (Lipinski definition) is 3. The molecule has 0 radical (unpaired) electrons. The van der Waals surface area contributed by atoms with Crippen molar-refractivity contribution in [1.29, 1.82) is 0 Å². The second-order valence-electron chi connectivity index (χ2n) is 3.96. The molecule has 3 heteroatoms. The van der Waals surface area contributed by atoms with Gasteiger partial charge >= 0.3 is 5.97 Å². The van der Waals surface area contributed by atoms with Crippen molar-refractivity contribution in [3.63, 3.8) is 0 Å². The Hall–Kier alpha value is -0.830. The van der Waals surface area contributed by atoms with Crippen molar-refractivity contribution >= 4 is 5.97 Å². The fourth-order valence-corrected chi connectivity index (χ4v) is 2.04. The molecule has 2 unspecified atom stereocenters. The average molecular weight is 182 g/mol. The van der Waals surface area contributed by atoms with Gasteiger partial charge in [0, 0.05) is 24.3 Å². The Bertz CT molecular complexity index is 241. The Morgan fingerprint density at radius 1 is 1.62 bits per heavy atom. The number of rotatable bonds is 0. The van der Waals surface area contributed by atoms with Crippen molar-refractivity contribution in [3.05, 3.63) is 12.2 Å². The summed E-state index contributed by atoms with van der Waals surface area (Å²) in [5, 5.41) is 0. The first-order chi connectivity index (χ1) is 6.14. The van der Waals surface area contributed by atoms with Gasteiger partial charge < -0.3 is 9.47 Å². The third-order valence-corrected chi connectivity index (χ3v) is 3.03. The van der Waals surface area contributed by atoms with E-state index in [2.05, 4.69) is 13.5 Å². The Kier molecular flexibility index (Phi) is 1.91. The van der Waals surface area contributed by atoms with Crippen LogP contribution in [-0.4, -0.2) is 24.8 Å². The fraction of sp³-hybridized carbons (Fsp3) is 0.700. The molecular weight excluding hydrogens is 168 g/mol. The summed E-state index contributed by atoms with van der Waals surface area (Å²) in [7, 11) is 0. The summed E-state index contributed by atoms with van der Waals surface area (Å²) in [4.78, 5) is 11.2. The second kappa shape index (κ2) is 2.84. The molecule has 2 heterocycles. The molecule has 0 bridgehead atoms. The predicted octanol–water partition coefficient (Wildman–Crippen LogP) is 1.28. The van der Waals surface area contributed by atoms with Gasteiger partial charge in [-0.25, -0.2) is 4.79 Å². The summed E-state index contributed by atoms with van der Waals surface area (Å²) in [6.45, 7) is 7.13. The van der Waals surface area contributed by atoms with E-state index in [1.807, 2.05) is 0 Å². The van der Waals surface area contributed by atoms with Gasteiger partial charge in [0.2, 0.25) is 0 Å². The lowest BCUT2D eigenvalue weighted by Crippen LogP contribution is -2.43. The monoisotopic (exact) mass is 182 g/mol. The minimum atomic E-state index is -0.299. The number of ether oxygens (including phenoxy) is 2. The van der Waals surface area contributed by atoms with Gasteiger partial charge in [0.15, 0.2) is 0 Å². The molecule has 0 aliphatic carbocycles. The minimum absolute atomic E-state index is 0.228. The third kappa shape index (κ3) is 1.27. The Morgan fingerprint density at radius 3 is 2.92 bits per heavy atom. The Balaban J connectivity index is 2.20. The average Bonchev–Trinajstić information content (AvgIpc) is 2.36. The third-order valence-electron chi connectivity index (χ3n) is 3.03. The second-order valence-corrected chi connectivity index (χ2v) is 3.96. The van der Waals surface area contributed by atoms with Crippen LogP contribution in [-0.2, 0) is 14.3 Å². The standard InChI is InChI=1S/C10H14O3/c1-7-5-10(13-9(7)11)3-4-12-6-8(10)2/h8H,1,3-6H2,2H3. The fourth-order valence-electron chi connectivity index (χ4n) is 2.04. The SMILES string of the molecule is C=C1CC2(CCOCC2C)OC1=O. The van der Waals surface area contributed by atoms with Gasteiger partial charge in [-0.3, -0.25) is 0 Å². The molecule has 1 spiro atoms. The van der Waals surface area contributed by atoms with Crippen LogP contribution >= 0.6 is 0 Å². The first-order valence-corrected chi connectivity index (χ1v) is 4.63. The van der Waals surface area contributed by atoms with Crippen LogP contribution in [0.2, 0.25) is 0 Å². The molecule has 0 N–H and O–H groups in total. The number of esters is 1. The van der Waals surface area contributed by atoms with Gasteiger partial charge in [-0.2, -0.15) is 0 Å². The van der Waals surface area contributed by atoms with Crippen LogP contribution in [0, 0.1) is 5.92 Å². The van der Waals surface area contributed by atoms with E-state index in [4.69, 9.17) is 9.47 Å². The summed E-state index contributed by atoms with van der Waals surface area (Å²) >= 11 is 0. The van der Waals surface area contributed by atoms with Crippen LogP contribution in [0.15, 0.2) is 12.2 Å². The van der Waals surface area contributed by atoms with Crippen LogP contribution in [0.3, 0.4) is 0 Å². The van der Waals surface area contributed by atoms with Crippen molar-refractivity contribution in [2.24, 2.45) is 5.92 Å². The lowest BCUT2D eigenvalue weighted by molar-refractivity contribution is -0.162. The zero-order chi connectivity index (χ0) is 9.47. The van der Waals surface area contributed by atoms with Crippen LogP contribution < -0.4 is 0 Å². The summed E-state index contributed by atoms with van der Waals surface area (Å²) < 4.78 is 10.7. The summed E-state index contributed by atoms with van der Waals surface area (Å²) in [5.74, 6) is 0.0539. The maximum absolute atomic E-state index is 11.2. The summed E-state index contributed by atoms with van der Waals surface area (Å²) in [6.07, 6.45) is 1.48. The lowest BCUT2D eigenvalue weighted by atomic mass is 9.82. The highest BCUT2D eigenvalue weighted by Gasteiger charge is 2.48. The molecule has 2 aliphatic heterocycles. The van der Waals surface area contributed by atoms with Gasteiger partial charge in [0.25, 0.3) is 0 Å². The van der Waals surface area contributed by atoms with Crippen LogP contribution in [0.25, 0.3) is 0 Å². The quantitative estimate of drug-likeness (QED) is 0.418. The van der Waals surface area contributed by atoms with Crippen molar-refractivity contribution < 1.29 is 14.3 Å². The first kappa shape index (κ1) is 8.75. The van der Waals surface area contributed by atoms with E-state index in [0.717, 1.165) is 6.42 Å². The molecule has 0 aromatic rings. The lowest BCUT2D eigenvalue weighted by Gasteiger charge is -2.37. The summed E-state index contributed by atoms with van der Waals surface area (Å²) in [6, 6.07) is 0. The predicted molar refractivity (Wildman–Crippen MR) is 47.2 cm³/mol. The molecule has 2 atom stereocenters. The Morgan fingerprint density at radius 2 is 2.38 bits per heavy atom. The number of carbonyl (C=O) groups excluding carboxylic acids is 1. The zero-order valence-electron chi connectivity index (χ0n) is 7.84. The topological polar surface area (TPSA) is 35.5 Å². The molecule has 0 amide bonds. The zero-order valence-corrected chi connectivity index (χ0v) is 7.84. The maximum Gasteiger partial charge on any atom is 0.334 e. The molecule has 72 valence electrons. The maximum atomic E-state index is 11.2. The van der Waals surface area contributed by atoms with E-state index in [-0.39, 0.29) is 17.5 Å². The molecule has 2 saturated heterocycles. The Labute approximate surface area is 77.7 Å². The van der Waals surface area contributed by atoms with E-state index < -0.39 is 0 Å². The van der Waals surface area contributed by atoms with Crippen molar-refractivity contribution in [2.45, 2.75) is 25.4 Å². The number of hydrogen-bond donors (Lipinski definition) is 0. The van der Waals surface area contributed by atoms with E-state index >= 15 is 0 Å². The van der Waals surface area contributed by atoms with E-state index in [1.165, 1.54) is 0 Å². The minimum Gasteiger partial charge on any atom is -0.455 e. The molecule has 2 fully saturated rings. The largest absolute Gasteiger partial charge is 0.455 e. The van der Waals surface area contributed by atoms with E-state index in [9.17, 15) is 4.79 Å². The molecule has 2 rings (SSSR count). The first-order valence-electron chi connectivity index (χ1n) is 4.63. The van der Waals surface area contributed by atoms with Gasteiger partial charge in [-0.15, -0.1) is 0 Å². The molecular formula is C10H14O3. The van der Waals surface area contributed by atoms with E-state index in [1.54, 1.807) is 0 Å². The van der Waals surface area contributed by atoms with Gasteiger partial charge in [0.1, 0.15) is 5.60 Å². The smallest absolute Gasteiger partial charge is 0.334 e. The van der Waals surface area contributed by atoms with Crippen molar-refractivity contribution in [3.8, 4) is 0 Å². The van der Waals surface area contributed by atoms with Crippen LogP contribution in [0.1, 0.15) is 19.8 Å². The molecule has 0 aromatic carbocycles. The summed E-state index contributed by atoms with van der Waals surface area (Å²) in [5.41, 5.74) is 0.306. The molecule has 0 aromatic heterocycles. The van der Waals surface area contributed by atoms with Gasteiger partial charge in [-0.1, -0.05) is 13.5 Å². The highest BCUT2D eigenvalue weighted by atomic mass is 16.6.